The third kappa shape index (κ3) is 1.59. The molecule has 3 heteroatoms. The van der Waals surface area contributed by atoms with E-state index in [1.807, 2.05) is 82.1 Å². The fourth-order valence-electron chi connectivity index (χ4n) is 2.35. The number of rotatable bonds is 2. The van der Waals surface area contributed by atoms with Crippen LogP contribution in [0.4, 0.5) is 0 Å². The van der Waals surface area contributed by atoms with Gasteiger partial charge in [0.15, 0.2) is 11.5 Å². The molecule has 0 N–H and O–H groups in total. The Morgan fingerprint density at radius 1 is 0.579 bits per heavy atom. The van der Waals surface area contributed by atoms with Gasteiger partial charge in [-0.2, -0.15) is 0 Å². The van der Waals surface area contributed by atoms with Gasteiger partial charge in [0.05, 0.1) is 11.0 Å². The minimum absolute atomic E-state index is 0.873. The Morgan fingerprint density at radius 3 is 1.63 bits per heavy atom. The molecule has 92 valence electrons. The number of hydrogen-bond acceptors (Lipinski definition) is 1. The lowest BCUT2D eigenvalue weighted by Crippen LogP contribution is -1.85. The average molecular weight is 248 g/mol. The molecule has 0 aliphatic carbocycles. The summed E-state index contributed by atoms with van der Waals surface area (Å²) in [6.07, 6.45) is 8.03. The molecule has 0 saturated heterocycles. The SMILES string of the molecule is c1ccn2ccc(Oc3ccn4ccccc34)c2c1. The lowest BCUT2D eigenvalue weighted by atomic mass is 10.3. The molecule has 4 rings (SSSR count). The summed E-state index contributed by atoms with van der Waals surface area (Å²) in [5, 5.41) is 0. The predicted molar refractivity (Wildman–Crippen MR) is 74.9 cm³/mol. The Bertz CT molecular complexity index is 785. The van der Waals surface area contributed by atoms with Crippen molar-refractivity contribution in [1.82, 2.24) is 8.80 Å². The number of fused-ring (bicyclic) bond motifs is 2. The van der Waals surface area contributed by atoms with E-state index in [0.717, 1.165) is 22.5 Å². The topological polar surface area (TPSA) is 18.1 Å². The van der Waals surface area contributed by atoms with Crippen LogP contribution in [0.1, 0.15) is 0 Å². The maximum absolute atomic E-state index is 6.04. The van der Waals surface area contributed by atoms with Gasteiger partial charge in [-0.05, 0) is 36.4 Å². The van der Waals surface area contributed by atoms with Crippen LogP contribution in [0, 0.1) is 0 Å². The molecule has 0 fully saturated rings. The van der Waals surface area contributed by atoms with Crippen LogP contribution in [0.5, 0.6) is 11.5 Å². The molecule has 4 aromatic rings. The Kier molecular flexibility index (Phi) is 2.12. The van der Waals surface area contributed by atoms with Gasteiger partial charge in [0, 0.05) is 24.8 Å². The van der Waals surface area contributed by atoms with Gasteiger partial charge in [-0.15, -0.1) is 0 Å². The van der Waals surface area contributed by atoms with E-state index in [1.54, 1.807) is 0 Å². The smallest absolute Gasteiger partial charge is 0.152 e. The molecule has 0 saturated carbocycles. The fourth-order valence-corrected chi connectivity index (χ4v) is 2.35. The van der Waals surface area contributed by atoms with E-state index in [4.69, 9.17) is 4.74 Å². The molecule has 0 atom stereocenters. The summed E-state index contributed by atoms with van der Waals surface area (Å²) in [5.41, 5.74) is 2.13. The minimum Gasteiger partial charge on any atom is -0.453 e. The molecule has 0 unspecified atom stereocenters. The van der Waals surface area contributed by atoms with Crippen LogP contribution in [-0.2, 0) is 0 Å². The van der Waals surface area contributed by atoms with Crippen molar-refractivity contribution in [2.24, 2.45) is 0 Å². The highest BCUT2D eigenvalue weighted by atomic mass is 16.5. The first-order valence-electron chi connectivity index (χ1n) is 6.21. The second-order valence-electron chi connectivity index (χ2n) is 4.45. The van der Waals surface area contributed by atoms with Crippen molar-refractivity contribution in [2.45, 2.75) is 0 Å². The van der Waals surface area contributed by atoms with Gasteiger partial charge in [-0.3, -0.25) is 0 Å². The summed E-state index contributed by atoms with van der Waals surface area (Å²) in [5.74, 6) is 1.75. The van der Waals surface area contributed by atoms with Gasteiger partial charge in [0.1, 0.15) is 0 Å². The van der Waals surface area contributed by atoms with E-state index in [9.17, 15) is 0 Å². The Morgan fingerprint density at radius 2 is 1.11 bits per heavy atom. The maximum atomic E-state index is 6.04. The van der Waals surface area contributed by atoms with Crippen molar-refractivity contribution in [2.75, 3.05) is 0 Å². The second kappa shape index (κ2) is 3.92. The van der Waals surface area contributed by atoms with Crippen molar-refractivity contribution in [3.05, 3.63) is 73.3 Å². The Balaban J connectivity index is 1.82. The van der Waals surface area contributed by atoms with E-state index in [1.165, 1.54) is 0 Å². The van der Waals surface area contributed by atoms with Crippen molar-refractivity contribution < 1.29 is 4.74 Å². The standard InChI is InChI=1S/C16H12N2O/c1-3-9-17-11-7-15(13(17)5-1)19-16-8-12-18-10-4-2-6-14(16)18/h1-12H. The molecule has 0 aliphatic rings. The molecule has 0 bridgehead atoms. The van der Waals surface area contributed by atoms with E-state index in [0.29, 0.717) is 0 Å². The Hall–Kier alpha value is -2.68. The maximum Gasteiger partial charge on any atom is 0.152 e. The largest absolute Gasteiger partial charge is 0.453 e. The summed E-state index contributed by atoms with van der Waals surface area (Å²) in [6, 6.07) is 16.1. The summed E-state index contributed by atoms with van der Waals surface area (Å²) in [7, 11) is 0. The number of aromatic nitrogens is 2. The highest BCUT2D eigenvalue weighted by Crippen LogP contribution is 2.30. The normalized spacial score (nSPS) is 11.2. The highest BCUT2D eigenvalue weighted by Gasteiger charge is 2.07. The first kappa shape index (κ1) is 10.3. The molecule has 0 spiro atoms. The van der Waals surface area contributed by atoms with E-state index in [-0.39, 0.29) is 0 Å². The molecule has 0 radical (unpaired) electrons. The van der Waals surface area contributed by atoms with Crippen molar-refractivity contribution >= 4 is 11.0 Å². The highest BCUT2D eigenvalue weighted by molar-refractivity contribution is 5.66. The van der Waals surface area contributed by atoms with Gasteiger partial charge in [-0.25, -0.2) is 0 Å². The Labute approximate surface area is 110 Å². The first-order valence-corrected chi connectivity index (χ1v) is 6.21. The molecule has 4 aromatic heterocycles. The quantitative estimate of drug-likeness (QED) is 0.524. The number of pyridine rings is 2. The fraction of sp³-hybridized carbons (Fsp3) is 0. The zero-order chi connectivity index (χ0) is 12.7. The average Bonchev–Trinajstić information content (AvgIpc) is 3.05. The van der Waals surface area contributed by atoms with Gasteiger partial charge < -0.3 is 13.5 Å². The van der Waals surface area contributed by atoms with Crippen LogP contribution in [0.3, 0.4) is 0 Å². The lowest BCUT2D eigenvalue weighted by molar-refractivity contribution is 0.494. The van der Waals surface area contributed by atoms with Crippen molar-refractivity contribution in [3.8, 4) is 11.5 Å². The summed E-state index contributed by atoms with van der Waals surface area (Å²) in [4.78, 5) is 0. The first-order chi connectivity index (χ1) is 9.42. The zero-order valence-corrected chi connectivity index (χ0v) is 10.2. The van der Waals surface area contributed by atoms with E-state index in [2.05, 4.69) is 0 Å². The molecule has 3 nitrogen and oxygen atoms in total. The zero-order valence-electron chi connectivity index (χ0n) is 10.2. The summed E-state index contributed by atoms with van der Waals surface area (Å²) >= 11 is 0. The van der Waals surface area contributed by atoms with Crippen LogP contribution in [0.2, 0.25) is 0 Å². The van der Waals surface area contributed by atoms with Crippen LogP contribution in [0.15, 0.2) is 73.3 Å². The van der Waals surface area contributed by atoms with Crippen molar-refractivity contribution in [3.63, 3.8) is 0 Å². The number of hydrogen-bond donors (Lipinski definition) is 0. The van der Waals surface area contributed by atoms with Crippen LogP contribution < -0.4 is 4.74 Å². The van der Waals surface area contributed by atoms with Gasteiger partial charge >= 0.3 is 0 Å². The van der Waals surface area contributed by atoms with Gasteiger partial charge in [0.25, 0.3) is 0 Å². The molecule has 0 aliphatic heterocycles. The van der Waals surface area contributed by atoms with E-state index < -0.39 is 0 Å². The molecule has 0 aromatic carbocycles. The van der Waals surface area contributed by atoms with Crippen LogP contribution >= 0.6 is 0 Å². The second-order valence-corrected chi connectivity index (χ2v) is 4.45. The molecule has 4 heterocycles. The lowest BCUT2D eigenvalue weighted by Gasteiger charge is -2.03. The number of ether oxygens (including phenoxy) is 1. The summed E-state index contributed by atoms with van der Waals surface area (Å²) < 4.78 is 10.1. The number of nitrogens with zero attached hydrogens (tertiary/aromatic N) is 2. The predicted octanol–water partition coefficient (Wildman–Crippen LogP) is 3.98. The molecule has 19 heavy (non-hydrogen) atoms. The molecule has 0 amide bonds. The van der Waals surface area contributed by atoms with Crippen molar-refractivity contribution in [1.29, 1.82) is 0 Å². The van der Waals surface area contributed by atoms with E-state index >= 15 is 0 Å². The summed E-state index contributed by atoms with van der Waals surface area (Å²) in [6.45, 7) is 0. The van der Waals surface area contributed by atoms with Crippen LogP contribution in [0.25, 0.3) is 11.0 Å². The van der Waals surface area contributed by atoms with Gasteiger partial charge in [0.2, 0.25) is 0 Å². The minimum atomic E-state index is 0.873. The molecular weight excluding hydrogens is 236 g/mol. The van der Waals surface area contributed by atoms with Gasteiger partial charge in [-0.1, -0.05) is 12.1 Å². The molecular formula is C16H12N2O. The third-order valence-corrected chi connectivity index (χ3v) is 3.28. The monoisotopic (exact) mass is 248 g/mol. The van der Waals surface area contributed by atoms with Crippen LogP contribution in [-0.4, -0.2) is 8.80 Å². The third-order valence-electron chi connectivity index (χ3n) is 3.28.